The van der Waals surface area contributed by atoms with E-state index in [0.29, 0.717) is 19.3 Å². The average Bonchev–Trinajstić information content (AvgIpc) is 2.51. The molecule has 0 saturated heterocycles. The van der Waals surface area contributed by atoms with Crippen molar-refractivity contribution in [3.8, 4) is 0 Å². The smallest absolute Gasteiger partial charge is 0.242 e. The van der Waals surface area contributed by atoms with Gasteiger partial charge in [-0.2, -0.15) is 11.8 Å². The van der Waals surface area contributed by atoms with Crippen molar-refractivity contribution in [2.75, 3.05) is 18.6 Å². The number of aliphatic hydroxyl groups excluding tert-OH is 1. The first-order chi connectivity index (χ1) is 10.2. The van der Waals surface area contributed by atoms with Crippen molar-refractivity contribution < 1.29 is 14.7 Å². The molecule has 0 saturated carbocycles. The minimum absolute atomic E-state index is 0.142. The Balaban J connectivity index is 2.57. The maximum Gasteiger partial charge on any atom is 0.242 e. The standard InChI is InChI=1S/C15H22N2O3S/c1-21-8-7-14(16-11-19)15(20)17-13(10-18)9-12-5-3-2-4-6-12/h2-6,11,13-14,18H,7-10H2,1H3,(H,16,19)(H,17,20)/t13-,14-/m0/s1. The molecule has 0 fully saturated rings. The zero-order valence-corrected chi connectivity index (χ0v) is 12.9. The van der Waals surface area contributed by atoms with Crippen molar-refractivity contribution >= 4 is 24.1 Å². The molecule has 1 aromatic rings. The molecule has 116 valence electrons. The van der Waals surface area contributed by atoms with E-state index < -0.39 is 6.04 Å². The lowest BCUT2D eigenvalue weighted by atomic mass is 10.1. The molecule has 0 unspecified atom stereocenters. The number of benzene rings is 1. The van der Waals surface area contributed by atoms with Gasteiger partial charge in [0.2, 0.25) is 12.3 Å². The molecule has 1 rings (SSSR count). The highest BCUT2D eigenvalue weighted by atomic mass is 32.2. The summed E-state index contributed by atoms with van der Waals surface area (Å²) in [5, 5.41) is 14.7. The summed E-state index contributed by atoms with van der Waals surface area (Å²) in [6, 6.07) is 8.74. The Kier molecular flexibility index (Phi) is 8.54. The normalized spacial score (nSPS) is 13.2. The Hall–Kier alpha value is -1.53. The van der Waals surface area contributed by atoms with Crippen LogP contribution >= 0.6 is 11.8 Å². The highest BCUT2D eigenvalue weighted by molar-refractivity contribution is 7.98. The van der Waals surface area contributed by atoms with Crippen LogP contribution < -0.4 is 10.6 Å². The van der Waals surface area contributed by atoms with E-state index in [4.69, 9.17) is 0 Å². The summed E-state index contributed by atoms with van der Waals surface area (Å²) in [6.45, 7) is -0.142. The Labute approximate surface area is 129 Å². The van der Waals surface area contributed by atoms with Gasteiger partial charge in [-0.25, -0.2) is 0 Å². The molecular formula is C15H22N2O3S. The number of hydrogen-bond donors (Lipinski definition) is 3. The summed E-state index contributed by atoms with van der Waals surface area (Å²) in [6.07, 6.45) is 3.60. The van der Waals surface area contributed by atoms with Gasteiger partial charge in [-0.1, -0.05) is 30.3 Å². The first kappa shape index (κ1) is 17.5. The van der Waals surface area contributed by atoms with Crippen LogP contribution in [0.15, 0.2) is 30.3 Å². The van der Waals surface area contributed by atoms with E-state index in [-0.39, 0.29) is 18.6 Å². The van der Waals surface area contributed by atoms with E-state index >= 15 is 0 Å². The van der Waals surface area contributed by atoms with Crippen LogP contribution in [0.25, 0.3) is 0 Å². The van der Waals surface area contributed by atoms with Gasteiger partial charge in [-0.15, -0.1) is 0 Å². The molecule has 0 heterocycles. The molecule has 0 aliphatic heterocycles. The number of carbonyl (C=O) groups is 2. The van der Waals surface area contributed by atoms with E-state index in [0.717, 1.165) is 11.3 Å². The lowest BCUT2D eigenvalue weighted by Gasteiger charge is -2.21. The van der Waals surface area contributed by atoms with Crippen LogP contribution in [0.5, 0.6) is 0 Å². The summed E-state index contributed by atoms with van der Waals surface area (Å²) >= 11 is 1.62. The third-order valence-corrected chi connectivity index (χ3v) is 3.73. The third-order valence-electron chi connectivity index (χ3n) is 3.09. The molecule has 6 heteroatoms. The molecule has 3 N–H and O–H groups in total. The van der Waals surface area contributed by atoms with Crippen molar-refractivity contribution in [2.45, 2.75) is 24.9 Å². The fourth-order valence-electron chi connectivity index (χ4n) is 1.97. The van der Waals surface area contributed by atoms with Gasteiger partial charge in [0.05, 0.1) is 12.6 Å². The predicted octanol–water partition coefficient (Wildman–Crippen LogP) is 0.574. The molecule has 0 aliphatic rings. The highest BCUT2D eigenvalue weighted by Crippen LogP contribution is 2.05. The van der Waals surface area contributed by atoms with Crippen LogP contribution in [0, 0.1) is 0 Å². The average molecular weight is 310 g/mol. The second kappa shape index (κ2) is 10.2. The number of thioether (sulfide) groups is 1. The third kappa shape index (κ3) is 6.64. The molecule has 2 atom stereocenters. The number of amides is 2. The van der Waals surface area contributed by atoms with Gasteiger partial charge >= 0.3 is 0 Å². The number of carbonyl (C=O) groups excluding carboxylic acids is 2. The van der Waals surface area contributed by atoms with Crippen LogP contribution in [0.1, 0.15) is 12.0 Å². The van der Waals surface area contributed by atoms with Gasteiger partial charge in [0.25, 0.3) is 0 Å². The van der Waals surface area contributed by atoms with E-state index in [1.54, 1.807) is 11.8 Å². The lowest BCUT2D eigenvalue weighted by Crippen LogP contribution is -2.49. The molecule has 21 heavy (non-hydrogen) atoms. The second-order valence-corrected chi connectivity index (χ2v) is 5.68. The first-order valence-electron chi connectivity index (χ1n) is 6.85. The van der Waals surface area contributed by atoms with Gasteiger partial charge in [-0.05, 0) is 30.4 Å². The number of aliphatic hydroxyl groups is 1. The summed E-state index contributed by atoms with van der Waals surface area (Å²) in [4.78, 5) is 22.7. The van der Waals surface area contributed by atoms with Gasteiger partial charge < -0.3 is 15.7 Å². The van der Waals surface area contributed by atoms with Crippen LogP contribution in [0.4, 0.5) is 0 Å². The fraction of sp³-hybridized carbons (Fsp3) is 0.467. The summed E-state index contributed by atoms with van der Waals surface area (Å²) in [5.74, 6) is 0.521. The van der Waals surface area contributed by atoms with E-state index in [2.05, 4.69) is 10.6 Å². The minimum Gasteiger partial charge on any atom is -0.394 e. The summed E-state index contributed by atoms with van der Waals surface area (Å²) < 4.78 is 0. The van der Waals surface area contributed by atoms with Gasteiger partial charge in [0.15, 0.2) is 0 Å². The Morgan fingerprint density at radius 2 is 2.10 bits per heavy atom. The molecule has 0 radical (unpaired) electrons. The van der Waals surface area contributed by atoms with Gasteiger partial charge in [0.1, 0.15) is 6.04 Å². The van der Waals surface area contributed by atoms with Crippen molar-refractivity contribution in [3.05, 3.63) is 35.9 Å². The molecular weight excluding hydrogens is 288 g/mol. The van der Waals surface area contributed by atoms with E-state index in [9.17, 15) is 14.7 Å². The highest BCUT2D eigenvalue weighted by Gasteiger charge is 2.20. The van der Waals surface area contributed by atoms with Crippen molar-refractivity contribution in [1.82, 2.24) is 10.6 Å². The number of nitrogens with one attached hydrogen (secondary N) is 2. The number of rotatable bonds is 10. The maximum absolute atomic E-state index is 12.1. The van der Waals surface area contributed by atoms with E-state index in [1.165, 1.54) is 0 Å². The summed E-state index contributed by atoms with van der Waals surface area (Å²) in [7, 11) is 0. The zero-order valence-electron chi connectivity index (χ0n) is 12.1. The fourth-order valence-corrected chi connectivity index (χ4v) is 2.44. The molecule has 1 aromatic carbocycles. The molecule has 0 spiro atoms. The number of hydrogen-bond acceptors (Lipinski definition) is 4. The van der Waals surface area contributed by atoms with E-state index in [1.807, 2.05) is 36.6 Å². The van der Waals surface area contributed by atoms with Gasteiger partial charge in [-0.3, -0.25) is 9.59 Å². The monoisotopic (exact) mass is 310 g/mol. The van der Waals surface area contributed by atoms with Crippen molar-refractivity contribution in [3.63, 3.8) is 0 Å². The summed E-state index contributed by atoms with van der Waals surface area (Å²) in [5.41, 5.74) is 1.04. The predicted molar refractivity (Wildman–Crippen MR) is 85.1 cm³/mol. The molecule has 0 aliphatic carbocycles. The topological polar surface area (TPSA) is 78.4 Å². The zero-order chi connectivity index (χ0) is 15.5. The quantitative estimate of drug-likeness (QED) is 0.552. The largest absolute Gasteiger partial charge is 0.394 e. The molecule has 5 nitrogen and oxygen atoms in total. The van der Waals surface area contributed by atoms with Crippen LogP contribution in [0.3, 0.4) is 0 Å². The van der Waals surface area contributed by atoms with Gasteiger partial charge in [0, 0.05) is 0 Å². The van der Waals surface area contributed by atoms with Crippen LogP contribution in [-0.2, 0) is 16.0 Å². The molecule has 0 aromatic heterocycles. The molecule has 0 bridgehead atoms. The van der Waals surface area contributed by atoms with Crippen molar-refractivity contribution in [1.29, 1.82) is 0 Å². The first-order valence-corrected chi connectivity index (χ1v) is 8.24. The SMILES string of the molecule is CSCC[C@H](NC=O)C(=O)N[C@H](CO)Cc1ccccc1. The van der Waals surface area contributed by atoms with Crippen molar-refractivity contribution in [2.24, 2.45) is 0 Å². The second-order valence-electron chi connectivity index (χ2n) is 4.70. The Morgan fingerprint density at radius 1 is 1.38 bits per heavy atom. The Bertz CT molecular complexity index is 428. The molecule has 2 amide bonds. The lowest BCUT2D eigenvalue weighted by molar-refractivity contribution is -0.126. The maximum atomic E-state index is 12.1. The minimum atomic E-state index is -0.556. The van der Waals surface area contributed by atoms with Crippen LogP contribution in [0.2, 0.25) is 0 Å². The van der Waals surface area contributed by atoms with Crippen LogP contribution in [-0.4, -0.2) is 48.1 Å². The Morgan fingerprint density at radius 3 is 2.67 bits per heavy atom.